The predicted molar refractivity (Wildman–Crippen MR) is 156 cm³/mol. The molecule has 5 rings (SSSR count). The number of aromatic amines is 1. The molecule has 0 radical (unpaired) electrons. The van der Waals surface area contributed by atoms with Gasteiger partial charge in [0.25, 0.3) is 18.2 Å². The molecule has 2 amide bonds. The Morgan fingerprint density at radius 1 is 1.19 bits per heavy atom. The Kier molecular flexibility index (Phi) is 8.69. The molecule has 1 fully saturated rings. The molecule has 1 saturated heterocycles. The lowest BCUT2D eigenvalue weighted by Gasteiger charge is -2.40. The fourth-order valence-corrected chi connectivity index (χ4v) is 5.87. The highest BCUT2D eigenvalue weighted by Gasteiger charge is 2.31. The molecule has 2 aliphatic heterocycles. The van der Waals surface area contributed by atoms with Gasteiger partial charge in [-0.25, -0.2) is 22.5 Å². The number of amides is 2. The Labute approximate surface area is 248 Å². The van der Waals surface area contributed by atoms with Crippen LogP contribution in [0.5, 0.6) is 0 Å². The van der Waals surface area contributed by atoms with Gasteiger partial charge in [-0.3, -0.25) is 14.4 Å². The molecule has 0 bridgehead atoms. The van der Waals surface area contributed by atoms with Crippen LogP contribution < -0.4 is 15.8 Å². The molecule has 1 atom stereocenters. The maximum atomic E-state index is 16.4. The number of H-pyrrole nitrogens is 1. The van der Waals surface area contributed by atoms with E-state index in [9.17, 15) is 23.2 Å². The van der Waals surface area contributed by atoms with Gasteiger partial charge in [-0.05, 0) is 32.9 Å². The first-order valence-electron chi connectivity index (χ1n) is 13.6. The molecule has 0 spiro atoms. The highest BCUT2D eigenvalue weighted by atomic mass is 32.1. The average molecular weight is 619 g/mol. The van der Waals surface area contributed by atoms with Crippen molar-refractivity contribution in [3.63, 3.8) is 0 Å². The lowest BCUT2D eigenvalue weighted by Crippen LogP contribution is -2.50. The van der Waals surface area contributed by atoms with Gasteiger partial charge in [0.1, 0.15) is 17.2 Å². The van der Waals surface area contributed by atoms with E-state index in [0.29, 0.717) is 37.0 Å². The summed E-state index contributed by atoms with van der Waals surface area (Å²) in [5, 5.41) is 4.80. The number of pyridine rings is 1. The minimum Gasteiger partial charge on any atom is -0.367 e. The summed E-state index contributed by atoms with van der Waals surface area (Å²) in [6.07, 6.45) is -0.600. The average Bonchev–Trinajstić information content (AvgIpc) is 3.41. The molecular weight excluding hydrogens is 588 g/mol. The number of piperazine rings is 1. The van der Waals surface area contributed by atoms with Gasteiger partial charge in [-0.1, -0.05) is 6.08 Å². The standard InChI is InChI=1S/C29H30F4N6O3S/c1-15-13-39(9-8-37(15)3)22-11-20(30)24(17-4-6-38(7-5-17)29(42)21-14-43-16(2)35-21)25(31)26(22)36-28(41)19-12-34-23(40)10-18(19)27(32)33/h4,10-12,14-15,27H,5-9,13H2,1-3H3,(H,34,40)(H,36,41). The van der Waals surface area contributed by atoms with Gasteiger partial charge in [0, 0.05) is 68.0 Å². The second kappa shape index (κ2) is 12.3. The van der Waals surface area contributed by atoms with Gasteiger partial charge in [0.15, 0.2) is 5.82 Å². The van der Waals surface area contributed by atoms with E-state index in [0.717, 1.165) is 17.3 Å². The summed E-state index contributed by atoms with van der Waals surface area (Å²) in [6.45, 7) is 5.41. The van der Waals surface area contributed by atoms with Crippen molar-refractivity contribution in [2.24, 2.45) is 0 Å². The number of rotatable bonds is 6. The van der Waals surface area contributed by atoms with E-state index in [1.54, 1.807) is 23.3 Å². The van der Waals surface area contributed by atoms with Gasteiger partial charge in [-0.15, -0.1) is 11.3 Å². The molecule has 9 nitrogen and oxygen atoms in total. The first-order valence-corrected chi connectivity index (χ1v) is 14.5. The molecule has 3 aromatic rings. The number of aryl methyl sites for hydroxylation is 1. The number of anilines is 2. The fourth-order valence-electron chi connectivity index (χ4n) is 5.29. The lowest BCUT2D eigenvalue weighted by atomic mass is 9.96. The van der Waals surface area contributed by atoms with Crippen molar-refractivity contribution < 1.29 is 27.2 Å². The zero-order chi connectivity index (χ0) is 31.0. The van der Waals surface area contributed by atoms with E-state index < -0.39 is 40.7 Å². The van der Waals surface area contributed by atoms with E-state index in [-0.39, 0.29) is 48.4 Å². The molecule has 43 heavy (non-hydrogen) atoms. The van der Waals surface area contributed by atoms with Gasteiger partial charge < -0.3 is 25.0 Å². The van der Waals surface area contributed by atoms with Crippen molar-refractivity contribution in [3.8, 4) is 0 Å². The Morgan fingerprint density at radius 3 is 2.58 bits per heavy atom. The summed E-state index contributed by atoms with van der Waals surface area (Å²) in [5.74, 6) is -3.28. The number of aromatic nitrogens is 2. The number of carbonyl (C=O) groups excluding carboxylic acids is 2. The Balaban J connectivity index is 1.52. The van der Waals surface area contributed by atoms with E-state index in [1.165, 1.54) is 16.2 Å². The highest BCUT2D eigenvalue weighted by Crippen LogP contribution is 2.39. The summed E-state index contributed by atoms with van der Waals surface area (Å²) in [4.78, 5) is 49.5. The van der Waals surface area contributed by atoms with Crippen LogP contribution >= 0.6 is 11.3 Å². The molecule has 4 heterocycles. The number of alkyl halides is 2. The molecule has 14 heteroatoms. The molecule has 1 aromatic carbocycles. The van der Waals surface area contributed by atoms with Crippen LogP contribution in [-0.4, -0.2) is 77.4 Å². The third-order valence-corrected chi connectivity index (χ3v) is 8.60. The minimum atomic E-state index is -3.14. The van der Waals surface area contributed by atoms with Crippen molar-refractivity contribution in [2.75, 3.05) is 50.0 Å². The van der Waals surface area contributed by atoms with Gasteiger partial charge in [-0.2, -0.15) is 0 Å². The topological polar surface area (TPSA) is 102 Å². The molecule has 0 saturated carbocycles. The number of nitrogens with zero attached hydrogens (tertiary/aromatic N) is 4. The summed E-state index contributed by atoms with van der Waals surface area (Å²) < 4.78 is 59.5. The quantitative estimate of drug-likeness (QED) is 0.390. The largest absolute Gasteiger partial charge is 0.367 e. The van der Waals surface area contributed by atoms with Crippen LogP contribution in [0.3, 0.4) is 0 Å². The number of hydrogen-bond donors (Lipinski definition) is 2. The number of halogens is 4. The summed E-state index contributed by atoms with van der Waals surface area (Å²) in [5.41, 5.74) is -2.22. The van der Waals surface area contributed by atoms with Crippen molar-refractivity contribution in [1.29, 1.82) is 0 Å². The van der Waals surface area contributed by atoms with Crippen LogP contribution in [0.1, 0.15) is 56.8 Å². The zero-order valence-corrected chi connectivity index (χ0v) is 24.5. The third kappa shape index (κ3) is 6.20. The lowest BCUT2D eigenvalue weighted by molar-refractivity contribution is 0.0767. The van der Waals surface area contributed by atoms with Crippen molar-refractivity contribution in [1.82, 2.24) is 19.8 Å². The number of thiazole rings is 1. The van der Waals surface area contributed by atoms with Crippen LogP contribution in [0.25, 0.3) is 5.57 Å². The Morgan fingerprint density at radius 2 is 1.95 bits per heavy atom. The summed E-state index contributed by atoms with van der Waals surface area (Å²) in [6, 6.07) is 1.78. The second-order valence-corrected chi connectivity index (χ2v) is 11.7. The van der Waals surface area contributed by atoms with Crippen molar-refractivity contribution in [3.05, 3.63) is 79.2 Å². The van der Waals surface area contributed by atoms with E-state index >= 15 is 8.78 Å². The van der Waals surface area contributed by atoms with Crippen LogP contribution in [0.15, 0.2) is 34.6 Å². The van der Waals surface area contributed by atoms with Crippen molar-refractivity contribution >= 4 is 40.1 Å². The van der Waals surface area contributed by atoms with Crippen LogP contribution in [0.4, 0.5) is 28.9 Å². The molecule has 228 valence electrons. The van der Waals surface area contributed by atoms with Crippen LogP contribution in [0.2, 0.25) is 0 Å². The minimum absolute atomic E-state index is 0.0267. The third-order valence-electron chi connectivity index (χ3n) is 7.83. The SMILES string of the molecule is Cc1nc(C(=O)N2CC=C(c3c(F)cc(N4CCN(C)C(C)C4)c(NC(=O)c4c[nH]c(=O)cc4C(F)F)c3F)CC2)cs1. The smallest absolute Gasteiger partial charge is 0.273 e. The van der Waals surface area contributed by atoms with Gasteiger partial charge >= 0.3 is 0 Å². The molecule has 1 unspecified atom stereocenters. The summed E-state index contributed by atoms with van der Waals surface area (Å²) in [7, 11) is 1.93. The van der Waals surface area contributed by atoms with Crippen LogP contribution in [0, 0.1) is 18.6 Å². The molecule has 2 aliphatic rings. The maximum Gasteiger partial charge on any atom is 0.273 e. The van der Waals surface area contributed by atoms with Gasteiger partial charge in [0.05, 0.1) is 21.8 Å². The Hall–Kier alpha value is -4.04. The zero-order valence-electron chi connectivity index (χ0n) is 23.7. The maximum absolute atomic E-state index is 16.4. The van der Waals surface area contributed by atoms with Crippen LogP contribution in [-0.2, 0) is 0 Å². The van der Waals surface area contributed by atoms with E-state index in [4.69, 9.17) is 0 Å². The number of hydrogen-bond acceptors (Lipinski definition) is 7. The molecule has 0 aliphatic carbocycles. The fraction of sp³-hybridized carbons (Fsp3) is 0.379. The normalized spacial score (nSPS) is 17.8. The first kappa shape index (κ1) is 30.4. The van der Waals surface area contributed by atoms with E-state index in [1.807, 2.05) is 14.0 Å². The monoisotopic (exact) mass is 618 g/mol. The predicted octanol–water partition coefficient (Wildman–Crippen LogP) is 4.68. The van der Waals surface area contributed by atoms with Gasteiger partial charge in [0.2, 0.25) is 5.56 Å². The highest BCUT2D eigenvalue weighted by molar-refractivity contribution is 7.09. The van der Waals surface area contributed by atoms with Crippen molar-refractivity contribution in [2.45, 2.75) is 32.7 Å². The Bertz CT molecular complexity index is 1660. The van der Waals surface area contributed by atoms with E-state index in [2.05, 4.69) is 20.2 Å². The number of likely N-dealkylation sites (N-methyl/N-ethyl adjacent to an activating group) is 1. The molecule has 2 aromatic heterocycles. The second-order valence-electron chi connectivity index (χ2n) is 10.6. The number of carbonyl (C=O) groups is 2. The first-order chi connectivity index (χ1) is 20.4. The molecule has 2 N–H and O–H groups in total. The summed E-state index contributed by atoms with van der Waals surface area (Å²) >= 11 is 1.35. The number of nitrogens with one attached hydrogen (secondary N) is 2. The number of benzene rings is 1. The molecular formula is C29H30F4N6O3S.